The van der Waals surface area contributed by atoms with Crippen LogP contribution in [0.1, 0.15) is 6.42 Å². The van der Waals surface area contributed by atoms with Crippen molar-refractivity contribution in [2.24, 2.45) is 0 Å². The second-order valence-corrected chi connectivity index (χ2v) is 6.09. The zero-order valence-electron chi connectivity index (χ0n) is 11.4. The lowest BCUT2D eigenvalue weighted by atomic mass is 10.1. The van der Waals surface area contributed by atoms with Crippen molar-refractivity contribution in [1.82, 2.24) is 4.72 Å². The topological polar surface area (TPSA) is 92.7 Å². The van der Waals surface area contributed by atoms with Crippen LogP contribution in [0.4, 0.5) is 0 Å². The van der Waals surface area contributed by atoms with Crippen molar-refractivity contribution in [3.05, 3.63) is 36.4 Å². The minimum Gasteiger partial charge on any atom is -0.496 e. The molecule has 0 aromatic heterocycles. The molecule has 0 unspecified atom stereocenters. The fourth-order valence-corrected chi connectivity index (χ4v) is 3.27. The smallest absolute Gasteiger partial charge is 0.304 e. The number of nitrogens with one attached hydrogen (secondary N) is 1. The van der Waals surface area contributed by atoms with E-state index in [0.29, 0.717) is 16.5 Å². The van der Waals surface area contributed by atoms with Crippen molar-refractivity contribution in [1.29, 1.82) is 0 Å². The van der Waals surface area contributed by atoms with Crippen molar-refractivity contribution < 1.29 is 23.1 Å². The van der Waals surface area contributed by atoms with Crippen molar-refractivity contribution in [3.63, 3.8) is 0 Å². The van der Waals surface area contributed by atoms with Crippen LogP contribution in [0.2, 0.25) is 0 Å². The summed E-state index contributed by atoms with van der Waals surface area (Å²) < 4.78 is 32.1. The van der Waals surface area contributed by atoms with Gasteiger partial charge in [-0.25, -0.2) is 13.1 Å². The van der Waals surface area contributed by atoms with Gasteiger partial charge in [-0.1, -0.05) is 24.3 Å². The van der Waals surface area contributed by atoms with E-state index in [1.165, 1.54) is 13.2 Å². The predicted molar refractivity (Wildman–Crippen MR) is 77.9 cm³/mol. The molecule has 0 aliphatic rings. The Balaban J connectivity index is 2.44. The highest BCUT2D eigenvalue weighted by Crippen LogP contribution is 2.30. The summed E-state index contributed by atoms with van der Waals surface area (Å²) in [5.41, 5.74) is 0. The molecule has 2 N–H and O–H groups in total. The Hall–Kier alpha value is -2.12. The van der Waals surface area contributed by atoms with Gasteiger partial charge in [0.2, 0.25) is 10.0 Å². The molecule has 0 heterocycles. The number of ether oxygens (including phenoxy) is 1. The van der Waals surface area contributed by atoms with Crippen LogP contribution in [0.15, 0.2) is 41.3 Å². The van der Waals surface area contributed by atoms with E-state index in [4.69, 9.17) is 9.84 Å². The van der Waals surface area contributed by atoms with Crippen molar-refractivity contribution in [3.8, 4) is 5.75 Å². The number of rotatable bonds is 6. The second kappa shape index (κ2) is 6.11. The molecule has 6 nitrogen and oxygen atoms in total. The minimum atomic E-state index is -3.78. The molecular weight excluding hydrogens is 294 g/mol. The number of aliphatic carboxylic acids is 1. The molecule has 0 fully saturated rings. The Labute approximate surface area is 122 Å². The van der Waals surface area contributed by atoms with E-state index in [2.05, 4.69) is 4.72 Å². The molecule has 2 aromatic rings. The summed E-state index contributed by atoms with van der Waals surface area (Å²) in [6, 6.07) is 10.0. The minimum absolute atomic E-state index is 0.101. The van der Waals surface area contributed by atoms with E-state index in [1.807, 2.05) is 0 Å². The maximum absolute atomic E-state index is 12.3. The Bertz CT molecular complexity index is 770. The Kier molecular flexibility index (Phi) is 4.44. The molecule has 0 radical (unpaired) electrons. The van der Waals surface area contributed by atoms with Crippen LogP contribution in [0.25, 0.3) is 10.8 Å². The summed E-state index contributed by atoms with van der Waals surface area (Å²) in [7, 11) is -2.26. The summed E-state index contributed by atoms with van der Waals surface area (Å²) in [6.45, 7) is -0.155. The summed E-state index contributed by atoms with van der Waals surface area (Å²) in [4.78, 5) is 10.6. The zero-order valence-corrected chi connectivity index (χ0v) is 12.2. The lowest BCUT2D eigenvalue weighted by Crippen LogP contribution is -2.26. The summed E-state index contributed by atoms with van der Waals surface area (Å²) in [6.07, 6.45) is -0.271. The first kappa shape index (κ1) is 15.3. The number of fused-ring (bicyclic) bond motifs is 1. The van der Waals surface area contributed by atoms with E-state index in [-0.39, 0.29) is 17.9 Å². The first-order valence-electron chi connectivity index (χ1n) is 6.23. The molecule has 2 aromatic carbocycles. The number of carboxylic acids is 1. The number of carboxylic acid groups (broad SMARTS) is 1. The normalized spacial score (nSPS) is 11.5. The number of methoxy groups -OCH3 is 1. The molecule has 0 aliphatic heterocycles. The fourth-order valence-electron chi connectivity index (χ4n) is 2.03. The van der Waals surface area contributed by atoms with Crippen LogP contribution in [0.5, 0.6) is 5.75 Å². The molecular formula is C14H15NO5S. The molecule has 0 aliphatic carbocycles. The van der Waals surface area contributed by atoms with Crippen LogP contribution < -0.4 is 9.46 Å². The van der Waals surface area contributed by atoms with Crippen LogP contribution in [0.3, 0.4) is 0 Å². The molecule has 0 amide bonds. The summed E-state index contributed by atoms with van der Waals surface area (Å²) in [5.74, 6) is -0.479. The van der Waals surface area contributed by atoms with Gasteiger partial charge in [0, 0.05) is 17.3 Å². The van der Waals surface area contributed by atoms with Crippen LogP contribution in [-0.2, 0) is 14.8 Å². The monoisotopic (exact) mass is 309 g/mol. The predicted octanol–water partition coefficient (Wildman–Crippen LogP) is 1.60. The molecule has 2 rings (SSSR count). The Morgan fingerprint density at radius 2 is 1.86 bits per heavy atom. The average Bonchev–Trinajstić information content (AvgIpc) is 2.45. The highest BCUT2D eigenvalue weighted by Gasteiger charge is 2.18. The van der Waals surface area contributed by atoms with Gasteiger partial charge in [0.05, 0.1) is 18.4 Å². The highest BCUT2D eigenvalue weighted by atomic mass is 32.2. The van der Waals surface area contributed by atoms with Crippen molar-refractivity contribution in [2.75, 3.05) is 13.7 Å². The molecule has 7 heteroatoms. The lowest BCUT2D eigenvalue weighted by Gasteiger charge is -2.11. The van der Waals surface area contributed by atoms with Gasteiger partial charge in [-0.3, -0.25) is 4.79 Å². The van der Waals surface area contributed by atoms with E-state index in [0.717, 1.165) is 0 Å². The van der Waals surface area contributed by atoms with E-state index in [9.17, 15) is 13.2 Å². The first-order valence-corrected chi connectivity index (χ1v) is 7.71. The van der Waals surface area contributed by atoms with Crippen LogP contribution in [0, 0.1) is 0 Å². The maximum Gasteiger partial charge on any atom is 0.304 e. The van der Waals surface area contributed by atoms with Crippen LogP contribution in [-0.4, -0.2) is 33.1 Å². The van der Waals surface area contributed by atoms with Gasteiger partial charge < -0.3 is 9.84 Å². The van der Waals surface area contributed by atoms with Crippen molar-refractivity contribution >= 4 is 26.8 Å². The standard InChI is InChI=1S/C14H15NO5S/c1-20-12-6-7-13(11-5-3-2-4-10(11)12)21(18,19)15-9-8-14(16)17/h2-7,15H,8-9H2,1H3,(H,16,17). The van der Waals surface area contributed by atoms with Gasteiger partial charge in [0.25, 0.3) is 0 Å². The van der Waals surface area contributed by atoms with Gasteiger partial charge in [-0.2, -0.15) is 0 Å². The highest BCUT2D eigenvalue weighted by molar-refractivity contribution is 7.89. The molecule has 0 bridgehead atoms. The fraction of sp³-hybridized carbons (Fsp3) is 0.214. The number of benzene rings is 2. The third kappa shape index (κ3) is 3.32. The largest absolute Gasteiger partial charge is 0.496 e. The SMILES string of the molecule is COc1ccc(S(=O)(=O)NCCC(=O)O)c2ccccc12. The Morgan fingerprint density at radius 3 is 2.48 bits per heavy atom. The first-order chi connectivity index (χ1) is 9.95. The quantitative estimate of drug-likeness (QED) is 0.845. The number of hydrogen-bond acceptors (Lipinski definition) is 4. The number of hydrogen-bond donors (Lipinski definition) is 2. The maximum atomic E-state index is 12.3. The van der Waals surface area contributed by atoms with E-state index < -0.39 is 16.0 Å². The molecule has 0 saturated carbocycles. The van der Waals surface area contributed by atoms with Gasteiger partial charge in [-0.15, -0.1) is 0 Å². The third-order valence-corrected chi connectivity index (χ3v) is 4.50. The Morgan fingerprint density at radius 1 is 1.19 bits per heavy atom. The number of carbonyl (C=O) groups is 1. The van der Waals surface area contributed by atoms with Gasteiger partial charge in [0.15, 0.2) is 0 Å². The molecule has 21 heavy (non-hydrogen) atoms. The van der Waals surface area contributed by atoms with E-state index in [1.54, 1.807) is 30.3 Å². The molecule has 0 saturated heterocycles. The summed E-state index contributed by atoms with van der Waals surface area (Å²) >= 11 is 0. The zero-order chi connectivity index (χ0) is 15.5. The average molecular weight is 309 g/mol. The lowest BCUT2D eigenvalue weighted by molar-refractivity contribution is -0.136. The molecule has 112 valence electrons. The van der Waals surface area contributed by atoms with Gasteiger partial charge in [-0.05, 0) is 12.1 Å². The van der Waals surface area contributed by atoms with E-state index >= 15 is 0 Å². The molecule has 0 spiro atoms. The van der Waals surface area contributed by atoms with Crippen molar-refractivity contribution in [2.45, 2.75) is 11.3 Å². The van der Waals surface area contributed by atoms with Gasteiger partial charge in [0.1, 0.15) is 5.75 Å². The number of sulfonamides is 1. The summed E-state index contributed by atoms with van der Waals surface area (Å²) in [5, 5.41) is 9.78. The second-order valence-electron chi connectivity index (χ2n) is 4.35. The third-order valence-electron chi connectivity index (χ3n) is 2.98. The van der Waals surface area contributed by atoms with Gasteiger partial charge >= 0.3 is 5.97 Å². The molecule has 0 atom stereocenters. The van der Waals surface area contributed by atoms with Crippen LogP contribution >= 0.6 is 0 Å².